The van der Waals surface area contributed by atoms with Crippen molar-refractivity contribution < 1.29 is 33.6 Å². The summed E-state index contributed by atoms with van der Waals surface area (Å²) in [4.78, 5) is 108. The van der Waals surface area contributed by atoms with Gasteiger partial charge in [0.05, 0.1) is 34.6 Å². The molecule has 1 aliphatic carbocycles. The largest absolute Gasteiger partial charge is 0.356 e. The van der Waals surface area contributed by atoms with Gasteiger partial charge in [-0.2, -0.15) is 5.10 Å². The van der Waals surface area contributed by atoms with Crippen LogP contribution in [0.4, 0.5) is 5.69 Å². The van der Waals surface area contributed by atoms with Crippen LogP contribution in [-0.4, -0.2) is 91.5 Å². The molecule has 5 heterocycles. The zero-order valence-electron chi connectivity index (χ0n) is 36.5. The number of nitrogens with zero attached hydrogens (tertiary/aromatic N) is 4. The van der Waals surface area contributed by atoms with Crippen LogP contribution in [0.15, 0.2) is 95.9 Å². The number of fused-ring (bicyclic) bond motifs is 4. The van der Waals surface area contributed by atoms with Gasteiger partial charge in [0.1, 0.15) is 6.04 Å². The fourth-order valence-corrected chi connectivity index (χ4v) is 9.07. The number of pyridine rings is 2. The zero-order chi connectivity index (χ0) is 46.7. The Hall–Kier alpha value is -7.86. The van der Waals surface area contributed by atoms with Crippen molar-refractivity contribution in [2.45, 2.75) is 75.8 Å². The summed E-state index contributed by atoms with van der Waals surface area (Å²) < 4.78 is 1.47. The number of carbonyl (C=O) groups excluding carboxylic acids is 7. The highest BCUT2D eigenvalue weighted by atomic mass is 16.2. The smallest absolute Gasteiger partial charge is 0.347 e. The lowest BCUT2D eigenvalue weighted by Gasteiger charge is -2.43. The number of nitrogens with one attached hydrogen (secondary N) is 6. The van der Waals surface area contributed by atoms with Crippen molar-refractivity contribution >= 4 is 63.6 Å². The first-order valence-corrected chi connectivity index (χ1v) is 22.5. The number of rotatable bonds is 16. The van der Waals surface area contributed by atoms with E-state index in [2.05, 4.69) is 61.0 Å². The van der Waals surface area contributed by atoms with Crippen LogP contribution in [-0.2, 0) is 29.5 Å². The van der Waals surface area contributed by atoms with E-state index in [0.29, 0.717) is 43.5 Å². The lowest BCUT2D eigenvalue weighted by Crippen LogP contribution is -2.51. The minimum absolute atomic E-state index is 0.0372. The maximum absolute atomic E-state index is 13.4. The molecule has 6 aromatic rings. The van der Waals surface area contributed by atoms with Gasteiger partial charge in [0, 0.05) is 60.6 Å². The van der Waals surface area contributed by atoms with Crippen molar-refractivity contribution in [2.75, 3.05) is 25.0 Å². The molecule has 3 aliphatic rings. The maximum atomic E-state index is 13.4. The quantitative estimate of drug-likeness (QED) is 0.0597. The molecule has 1 saturated heterocycles. The summed E-state index contributed by atoms with van der Waals surface area (Å²) in [5.41, 5.74) is 5.38. The van der Waals surface area contributed by atoms with Gasteiger partial charge in [0.15, 0.2) is 5.65 Å². The molecule has 2 fully saturated rings. The molecule has 0 radical (unpaired) electrons. The fraction of sp³-hybridized carbons (Fsp3) is 0.306. The van der Waals surface area contributed by atoms with Crippen molar-refractivity contribution in [3.8, 4) is 22.4 Å². The molecule has 2 aliphatic heterocycles. The van der Waals surface area contributed by atoms with Gasteiger partial charge in [-0.15, -0.1) is 0 Å². The summed E-state index contributed by atoms with van der Waals surface area (Å²) >= 11 is 0. The molecule has 18 heteroatoms. The van der Waals surface area contributed by atoms with Crippen molar-refractivity contribution in [1.82, 2.24) is 45.7 Å². The summed E-state index contributed by atoms with van der Waals surface area (Å²) in [6.45, 7) is 0.919. The molecule has 342 valence electrons. The number of amides is 7. The van der Waals surface area contributed by atoms with Crippen molar-refractivity contribution in [1.29, 1.82) is 0 Å². The van der Waals surface area contributed by atoms with E-state index in [1.54, 1.807) is 6.20 Å². The average molecular weight is 905 g/mol. The lowest BCUT2D eigenvalue weighted by molar-refractivity contribution is -0.131. The molecule has 0 bridgehead atoms. The highest BCUT2D eigenvalue weighted by Gasteiger charge is 2.45. The molecule has 1 saturated carbocycles. The van der Waals surface area contributed by atoms with Crippen molar-refractivity contribution in [3.05, 3.63) is 118 Å². The van der Waals surface area contributed by atoms with Crippen LogP contribution in [0.1, 0.15) is 90.5 Å². The van der Waals surface area contributed by atoms with Crippen LogP contribution in [0.25, 0.3) is 38.9 Å². The molecule has 0 unspecified atom stereocenters. The number of H-pyrrole nitrogens is 1. The number of anilines is 1. The van der Waals surface area contributed by atoms with E-state index < -0.39 is 35.6 Å². The number of aromatic amines is 1. The minimum atomic E-state index is -1.15. The molecule has 18 nitrogen and oxygen atoms in total. The molecule has 6 N–H and O–H groups in total. The Morgan fingerprint density at radius 3 is 2.25 bits per heavy atom. The Morgan fingerprint density at radius 2 is 1.51 bits per heavy atom. The molecular weight excluding hydrogens is 857 g/mol. The second-order valence-corrected chi connectivity index (χ2v) is 17.1. The second-order valence-electron chi connectivity index (χ2n) is 17.1. The monoisotopic (exact) mass is 904 g/mol. The normalized spacial score (nSPS) is 16.6. The van der Waals surface area contributed by atoms with Crippen molar-refractivity contribution in [2.24, 2.45) is 0 Å². The standard InChI is InChI=1S/C49H48N10O8/c60-38(19-20-40(62)53-36-12-6-11-32-42(36)47(66)59(46(32)65)37-13-7-14-39(61)55-45(37)64)50-24-4-5-25-51-41(63)28-52-49(22-8-23-49)31-17-15-30(16-18-31)43-33(29-9-2-1-3-10-29)27-34-35(54-43)21-26-58-44(34)56-57-48(58)67/h1-3,6,9-12,15-18,21,26-27,37,52H,4-5,7-8,13-14,19-20,22-25,28H2,(H,50,60)(H,51,63)(H,53,62)(H,57,67)(H,55,61,64)/t37-/m0/s1. The van der Waals surface area contributed by atoms with Crippen molar-refractivity contribution in [3.63, 3.8) is 0 Å². The van der Waals surface area contributed by atoms with E-state index in [1.807, 2.05) is 42.5 Å². The topological polar surface area (TPSA) is 246 Å². The third-order valence-electron chi connectivity index (χ3n) is 12.8. The minimum Gasteiger partial charge on any atom is -0.356 e. The second kappa shape index (κ2) is 18.9. The van der Waals surface area contributed by atoms with Gasteiger partial charge < -0.3 is 16.0 Å². The average Bonchev–Trinajstić information content (AvgIpc) is 3.76. The molecular formula is C49H48N10O8. The van der Waals surface area contributed by atoms with Gasteiger partial charge in [-0.3, -0.25) is 49.1 Å². The lowest BCUT2D eigenvalue weighted by atomic mass is 9.71. The number of imide groups is 2. The van der Waals surface area contributed by atoms with Gasteiger partial charge in [-0.1, -0.05) is 60.7 Å². The van der Waals surface area contributed by atoms with E-state index in [1.165, 1.54) is 22.6 Å². The molecule has 67 heavy (non-hydrogen) atoms. The van der Waals surface area contributed by atoms with Crippen LogP contribution in [0.5, 0.6) is 0 Å². The zero-order valence-corrected chi connectivity index (χ0v) is 36.5. The first-order valence-electron chi connectivity index (χ1n) is 22.5. The first-order chi connectivity index (χ1) is 32.5. The van der Waals surface area contributed by atoms with E-state index >= 15 is 0 Å². The van der Waals surface area contributed by atoms with E-state index in [-0.39, 0.29) is 72.1 Å². The van der Waals surface area contributed by atoms with Crippen LogP contribution >= 0.6 is 0 Å². The molecule has 3 aromatic heterocycles. The maximum Gasteiger partial charge on any atom is 0.347 e. The number of hydrogen-bond donors (Lipinski definition) is 6. The highest BCUT2D eigenvalue weighted by molar-refractivity contribution is 6.26. The predicted octanol–water partition coefficient (Wildman–Crippen LogP) is 4.10. The van der Waals surface area contributed by atoms with E-state index in [4.69, 9.17) is 4.98 Å². The molecule has 1 atom stereocenters. The van der Waals surface area contributed by atoms with Crippen LogP contribution < -0.4 is 32.3 Å². The van der Waals surface area contributed by atoms with Gasteiger partial charge in [-0.05, 0) is 80.3 Å². The first kappa shape index (κ1) is 44.3. The summed E-state index contributed by atoms with van der Waals surface area (Å²) in [5, 5.41) is 21.6. The van der Waals surface area contributed by atoms with Crippen LogP contribution in [0, 0.1) is 0 Å². The Balaban J connectivity index is 0.715. The number of aromatic nitrogens is 4. The Bertz CT molecular complexity index is 3010. The van der Waals surface area contributed by atoms with Gasteiger partial charge in [0.25, 0.3) is 11.8 Å². The van der Waals surface area contributed by atoms with Gasteiger partial charge >= 0.3 is 5.69 Å². The highest BCUT2D eigenvalue weighted by Crippen LogP contribution is 2.42. The van der Waals surface area contributed by atoms with E-state index in [9.17, 15) is 38.4 Å². The number of unbranched alkanes of at least 4 members (excludes halogenated alkanes) is 1. The van der Waals surface area contributed by atoms with E-state index in [0.717, 1.165) is 57.5 Å². The summed E-state index contributed by atoms with van der Waals surface area (Å²) in [5.74, 6) is -3.63. The van der Waals surface area contributed by atoms with Gasteiger partial charge in [0.2, 0.25) is 29.5 Å². The number of benzene rings is 3. The summed E-state index contributed by atoms with van der Waals surface area (Å²) in [7, 11) is 0. The predicted molar refractivity (Wildman–Crippen MR) is 246 cm³/mol. The molecule has 7 amide bonds. The number of carbonyl (C=O) groups is 7. The summed E-state index contributed by atoms with van der Waals surface area (Å²) in [6.07, 6.45) is 5.99. The van der Waals surface area contributed by atoms with Crippen LogP contribution in [0.2, 0.25) is 0 Å². The Labute approximate surface area is 383 Å². The van der Waals surface area contributed by atoms with Crippen LogP contribution in [0.3, 0.4) is 0 Å². The SMILES string of the molecule is O=C(CCC(=O)Nc1cccc2c1C(=O)N([C@H]1CCCC(=O)NC1=O)C2=O)NCCCCNC(=O)CNC1(c2ccc(-c3nc4ccn5c(=O)[nH]nc5c4cc3-c3ccccc3)cc2)CCC1. The summed E-state index contributed by atoms with van der Waals surface area (Å²) in [6, 6.07) is 25.4. The third kappa shape index (κ3) is 9.07. The Kier molecular flexibility index (Phi) is 12.5. The number of hydrogen-bond acceptors (Lipinski definition) is 11. The molecule has 0 spiro atoms. The molecule has 9 rings (SSSR count). The molecule has 3 aromatic carbocycles. The van der Waals surface area contributed by atoms with Gasteiger partial charge in [-0.25, -0.2) is 19.3 Å². The third-order valence-corrected chi connectivity index (χ3v) is 12.8. The Morgan fingerprint density at radius 1 is 0.761 bits per heavy atom. The fourth-order valence-electron chi connectivity index (χ4n) is 9.07.